The summed E-state index contributed by atoms with van der Waals surface area (Å²) in [5, 5.41) is 9.50. The van der Waals surface area contributed by atoms with Crippen LogP contribution in [0.15, 0.2) is 34.3 Å². The van der Waals surface area contributed by atoms with Gasteiger partial charge >= 0.3 is 0 Å². The number of rotatable bonds is 3. The van der Waals surface area contributed by atoms with Crippen LogP contribution in [-0.2, 0) is 13.1 Å². The summed E-state index contributed by atoms with van der Waals surface area (Å²) >= 11 is 1.47. The number of amides is 1. The molecule has 0 N–H and O–H groups in total. The lowest BCUT2D eigenvalue weighted by molar-refractivity contribution is 0.0780. The Morgan fingerprint density at radius 1 is 1.54 bits per heavy atom. The molecule has 0 spiro atoms. The summed E-state index contributed by atoms with van der Waals surface area (Å²) in [7, 11) is 1.48. The molecule has 122 valence electrons. The first-order valence-electron chi connectivity index (χ1n) is 7.18. The molecular formula is C16H13FN4O2S. The first-order chi connectivity index (χ1) is 11.5. The molecular weight excluding hydrogens is 331 g/mol. The van der Waals surface area contributed by atoms with Crippen molar-refractivity contribution in [2.75, 3.05) is 12.8 Å². The Balaban J connectivity index is 1.86. The summed E-state index contributed by atoms with van der Waals surface area (Å²) in [6, 6.07) is 5.88. The van der Waals surface area contributed by atoms with Crippen molar-refractivity contribution in [1.82, 2.24) is 14.5 Å². The van der Waals surface area contributed by atoms with E-state index in [-0.39, 0.29) is 23.2 Å². The van der Waals surface area contributed by atoms with Crippen molar-refractivity contribution in [2.24, 2.45) is 0 Å². The predicted molar refractivity (Wildman–Crippen MR) is 86.1 cm³/mol. The summed E-state index contributed by atoms with van der Waals surface area (Å²) in [5.41, 5.74) is 0.104. The van der Waals surface area contributed by atoms with Gasteiger partial charge in [0.05, 0.1) is 11.6 Å². The van der Waals surface area contributed by atoms with Gasteiger partial charge in [0.2, 0.25) is 0 Å². The van der Waals surface area contributed by atoms with Gasteiger partial charge in [0.1, 0.15) is 11.4 Å². The second-order valence-electron chi connectivity index (χ2n) is 5.34. The van der Waals surface area contributed by atoms with Gasteiger partial charge in [-0.2, -0.15) is 5.26 Å². The van der Waals surface area contributed by atoms with Crippen molar-refractivity contribution in [3.05, 3.63) is 57.3 Å². The third kappa shape index (κ3) is 2.90. The number of fused-ring (bicyclic) bond motifs is 1. The van der Waals surface area contributed by atoms with Crippen LogP contribution < -0.4 is 5.56 Å². The van der Waals surface area contributed by atoms with Gasteiger partial charge in [-0.25, -0.2) is 9.37 Å². The number of carbonyl (C=O) groups is 1. The molecule has 1 aliphatic heterocycles. The molecule has 0 saturated carbocycles. The highest BCUT2D eigenvalue weighted by molar-refractivity contribution is 7.99. The van der Waals surface area contributed by atoms with Gasteiger partial charge in [-0.3, -0.25) is 14.2 Å². The smallest absolute Gasteiger partial charge is 0.267 e. The van der Waals surface area contributed by atoms with Gasteiger partial charge in [0.25, 0.3) is 11.5 Å². The molecule has 1 aliphatic rings. The van der Waals surface area contributed by atoms with E-state index in [1.807, 2.05) is 6.07 Å². The molecule has 0 bridgehead atoms. The number of hydrogen-bond acceptors (Lipinski definition) is 5. The molecule has 1 aromatic carbocycles. The van der Waals surface area contributed by atoms with Crippen molar-refractivity contribution >= 4 is 17.7 Å². The first kappa shape index (κ1) is 16.2. The van der Waals surface area contributed by atoms with E-state index in [0.717, 1.165) is 5.75 Å². The Hall–Kier alpha value is -2.66. The van der Waals surface area contributed by atoms with E-state index < -0.39 is 11.7 Å². The van der Waals surface area contributed by atoms with Crippen LogP contribution in [0.1, 0.15) is 21.5 Å². The highest BCUT2D eigenvalue weighted by Crippen LogP contribution is 2.21. The van der Waals surface area contributed by atoms with E-state index in [4.69, 9.17) is 5.26 Å². The van der Waals surface area contributed by atoms with E-state index >= 15 is 0 Å². The first-order valence-corrected chi connectivity index (χ1v) is 8.16. The van der Waals surface area contributed by atoms with Gasteiger partial charge in [0.15, 0.2) is 5.16 Å². The summed E-state index contributed by atoms with van der Waals surface area (Å²) < 4.78 is 15.3. The Morgan fingerprint density at radius 2 is 2.33 bits per heavy atom. The molecule has 2 heterocycles. The molecule has 0 unspecified atom stereocenters. The minimum atomic E-state index is -0.526. The zero-order valence-corrected chi connectivity index (χ0v) is 13.6. The standard InChI is InChI=1S/C16H13FN4O2S/c1-20(9-11-6-10(7-18)2-3-13(11)17)14(22)12-8-19-16-21(15(12)23)4-5-24-16/h2-3,6,8H,4-5,9H2,1H3. The summed E-state index contributed by atoms with van der Waals surface area (Å²) in [6.45, 7) is 0.478. The van der Waals surface area contributed by atoms with Crippen LogP contribution in [0, 0.1) is 17.1 Å². The molecule has 2 aromatic rings. The van der Waals surface area contributed by atoms with Crippen LogP contribution in [0.25, 0.3) is 0 Å². The third-order valence-corrected chi connectivity index (χ3v) is 4.69. The molecule has 1 amide bonds. The van der Waals surface area contributed by atoms with Gasteiger partial charge in [-0.1, -0.05) is 11.8 Å². The Kier molecular flexibility index (Phi) is 4.36. The van der Waals surface area contributed by atoms with Crippen LogP contribution in [-0.4, -0.2) is 33.2 Å². The predicted octanol–water partition coefficient (Wildman–Crippen LogP) is 1.63. The van der Waals surface area contributed by atoms with Gasteiger partial charge < -0.3 is 4.90 Å². The lowest BCUT2D eigenvalue weighted by Gasteiger charge is -2.18. The topological polar surface area (TPSA) is 79.0 Å². The maximum atomic E-state index is 13.9. The lowest BCUT2D eigenvalue weighted by Crippen LogP contribution is -2.34. The number of aromatic nitrogens is 2. The van der Waals surface area contributed by atoms with Gasteiger partial charge in [0, 0.05) is 37.7 Å². The van der Waals surface area contributed by atoms with Crippen LogP contribution in [0.5, 0.6) is 0 Å². The van der Waals surface area contributed by atoms with E-state index in [9.17, 15) is 14.0 Å². The van der Waals surface area contributed by atoms with E-state index in [0.29, 0.717) is 17.3 Å². The molecule has 0 saturated heterocycles. The lowest BCUT2D eigenvalue weighted by atomic mass is 10.1. The van der Waals surface area contributed by atoms with E-state index in [1.54, 1.807) is 0 Å². The number of halogens is 1. The number of nitrogens with zero attached hydrogens (tertiary/aromatic N) is 4. The fourth-order valence-corrected chi connectivity index (χ4v) is 3.38. The zero-order chi connectivity index (χ0) is 17.3. The van der Waals surface area contributed by atoms with Crippen LogP contribution in [0.4, 0.5) is 4.39 Å². The molecule has 6 nitrogen and oxygen atoms in total. The fraction of sp³-hybridized carbons (Fsp3) is 0.250. The number of hydrogen-bond donors (Lipinski definition) is 0. The monoisotopic (exact) mass is 344 g/mol. The maximum absolute atomic E-state index is 13.9. The summed E-state index contributed by atoms with van der Waals surface area (Å²) in [6.07, 6.45) is 1.27. The highest BCUT2D eigenvalue weighted by Gasteiger charge is 2.22. The van der Waals surface area contributed by atoms with Crippen LogP contribution in [0.3, 0.4) is 0 Å². The summed E-state index contributed by atoms with van der Waals surface area (Å²) in [4.78, 5) is 30.3. The highest BCUT2D eigenvalue weighted by atomic mass is 32.2. The third-order valence-electron chi connectivity index (χ3n) is 3.72. The fourth-order valence-electron chi connectivity index (χ4n) is 2.46. The normalized spacial score (nSPS) is 12.5. The van der Waals surface area contributed by atoms with Crippen molar-refractivity contribution in [1.29, 1.82) is 5.26 Å². The average molecular weight is 344 g/mol. The quantitative estimate of drug-likeness (QED) is 0.791. The van der Waals surface area contributed by atoms with Crippen molar-refractivity contribution in [2.45, 2.75) is 18.2 Å². The Morgan fingerprint density at radius 3 is 3.08 bits per heavy atom. The number of benzene rings is 1. The van der Waals surface area contributed by atoms with E-state index in [1.165, 1.54) is 52.7 Å². The molecule has 0 aliphatic carbocycles. The minimum absolute atomic E-state index is 0.0411. The van der Waals surface area contributed by atoms with Crippen LogP contribution >= 0.6 is 11.8 Å². The molecule has 0 atom stereocenters. The van der Waals surface area contributed by atoms with Gasteiger partial charge in [-0.15, -0.1) is 0 Å². The SMILES string of the molecule is CN(Cc1cc(C#N)ccc1F)C(=O)c1cnc2n(c1=O)CCS2. The molecule has 0 fully saturated rings. The Labute approximate surface area is 141 Å². The molecule has 3 rings (SSSR count). The second-order valence-corrected chi connectivity index (χ2v) is 6.40. The number of thioether (sulfide) groups is 1. The maximum Gasteiger partial charge on any atom is 0.267 e. The number of carbonyl (C=O) groups excluding carboxylic acids is 1. The second kappa shape index (κ2) is 6.45. The largest absolute Gasteiger partial charge is 0.337 e. The molecule has 24 heavy (non-hydrogen) atoms. The van der Waals surface area contributed by atoms with Gasteiger partial charge in [-0.05, 0) is 18.2 Å². The molecule has 1 aromatic heterocycles. The number of nitriles is 1. The van der Waals surface area contributed by atoms with Crippen molar-refractivity contribution in [3.63, 3.8) is 0 Å². The average Bonchev–Trinajstić information content (AvgIpc) is 3.06. The van der Waals surface area contributed by atoms with Crippen LogP contribution in [0.2, 0.25) is 0 Å². The van der Waals surface area contributed by atoms with Crippen molar-refractivity contribution < 1.29 is 9.18 Å². The molecule has 8 heteroatoms. The van der Waals surface area contributed by atoms with Crippen molar-refractivity contribution in [3.8, 4) is 6.07 Å². The molecule has 0 radical (unpaired) electrons. The Bertz CT molecular complexity index is 919. The van der Waals surface area contributed by atoms with E-state index in [2.05, 4.69) is 4.98 Å². The zero-order valence-electron chi connectivity index (χ0n) is 12.8. The minimum Gasteiger partial charge on any atom is -0.337 e. The summed E-state index contributed by atoms with van der Waals surface area (Å²) in [5.74, 6) is -0.280.